The summed E-state index contributed by atoms with van der Waals surface area (Å²) < 4.78 is 70.4. The van der Waals surface area contributed by atoms with Crippen LogP contribution in [0.25, 0.3) is 32.8 Å². The second kappa shape index (κ2) is 8.65. The maximum atomic E-state index is 13.3. The van der Waals surface area contributed by atoms with Gasteiger partial charge in [0, 0.05) is 10.8 Å². The van der Waals surface area contributed by atoms with Gasteiger partial charge in [-0.05, 0) is 63.4 Å². The van der Waals surface area contributed by atoms with E-state index in [-0.39, 0.29) is 42.8 Å². The van der Waals surface area contributed by atoms with Crippen LogP contribution in [0.1, 0.15) is 5.56 Å². The smallest absolute Gasteiger partial charge is 0.341 e. The van der Waals surface area contributed by atoms with Gasteiger partial charge in [0.05, 0.1) is 10.7 Å². The predicted octanol–water partition coefficient (Wildman–Crippen LogP) is 4.44. The molecule has 0 radical (unpaired) electrons. The van der Waals surface area contributed by atoms with Crippen LogP contribution >= 0.6 is 11.6 Å². The van der Waals surface area contributed by atoms with E-state index in [1.54, 1.807) is 37.3 Å². The van der Waals surface area contributed by atoms with Crippen molar-refractivity contribution in [2.75, 3.05) is 4.72 Å². The molecule has 6 aromatic rings. The maximum absolute atomic E-state index is 13.3. The minimum atomic E-state index is -4.42. The molecule has 0 aliphatic rings. The van der Waals surface area contributed by atoms with Crippen LogP contribution in [0.15, 0.2) is 79.7 Å². The van der Waals surface area contributed by atoms with Crippen molar-refractivity contribution in [3.05, 3.63) is 71.2 Å². The van der Waals surface area contributed by atoms with Gasteiger partial charge in [-0.1, -0.05) is 41.9 Å². The standard InChI is InChI=1S/C23H14ClN5O7S2/c1-12-6-10-18(22-20(12)25-35-27-22)37(30,31)29-16-8-9-17(14-5-3-2-4-13(14)16)34-38(32,33)19-11-7-15(24)21-23(19)28-36-26-21/h2-11,29H,1H3. The molecule has 0 saturated heterocycles. The fraction of sp³-hybridized carbons (Fsp3) is 0.0435. The van der Waals surface area contributed by atoms with Gasteiger partial charge >= 0.3 is 10.1 Å². The van der Waals surface area contributed by atoms with Crippen molar-refractivity contribution in [3.8, 4) is 5.75 Å². The first kappa shape index (κ1) is 24.1. The molecule has 1 N–H and O–H groups in total. The summed E-state index contributed by atoms with van der Waals surface area (Å²) in [5.74, 6) is -0.0403. The Morgan fingerprint density at radius 1 is 0.737 bits per heavy atom. The number of fused-ring (bicyclic) bond motifs is 3. The summed E-state index contributed by atoms with van der Waals surface area (Å²) in [6.45, 7) is 1.75. The fourth-order valence-corrected chi connectivity index (χ4v) is 6.47. The molecule has 38 heavy (non-hydrogen) atoms. The highest BCUT2D eigenvalue weighted by Crippen LogP contribution is 2.36. The Kier molecular flexibility index (Phi) is 5.48. The van der Waals surface area contributed by atoms with E-state index < -0.39 is 20.1 Å². The monoisotopic (exact) mass is 571 g/mol. The number of hydrogen-bond acceptors (Lipinski definition) is 11. The summed E-state index contributed by atoms with van der Waals surface area (Å²) in [6.07, 6.45) is 0. The summed E-state index contributed by atoms with van der Waals surface area (Å²) in [5, 5.41) is 15.6. The van der Waals surface area contributed by atoms with Gasteiger partial charge in [0.1, 0.15) is 15.3 Å². The summed E-state index contributed by atoms with van der Waals surface area (Å²) in [6, 6.07) is 14.9. The highest BCUT2D eigenvalue weighted by Gasteiger charge is 2.26. The Morgan fingerprint density at radius 2 is 1.37 bits per heavy atom. The van der Waals surface area contributed by atoms with E-state index >= 15 is 0 Å². The molecule has 0 amide bonds. The zero-order chi connectivity index (χ0) is 26.7. The van der Waals surface area contributed by atoms with Crippen molar-refractivity contribution in [2.24, 2.45) is 0 Å². The molecule has 12 nitrogen and oxygen atoms in total. The van der Waals surface area contributed by atoms with E-state index in [9.17, 15) is 16.8 Å². The van der Waals surface area contributed by atoms with Crippen molar-refractivity contribution < 1.29 is 30.3 Å². The van der Waals surface area contributed by atoms with Crippen molar-refractivity contribution in [3.63, 3.8) is 0 Å². The predicted molar refractivity (Wildman–Crippen MR) is 136 cm³/mol. The molecular formula is C23H14ClN5O7S2. The van der Waals surface area contributed by atoms with Gasteiger partial charge in [-0.15, -0.1) is 0 Å². The molecular weight excluding hydrogens is 558 g/mol. The Bertz CT molecular complexity index is 1960. The van der Waals surface area contributed by atoms with Gasteiger partial charge in [-0.3, -0.25) is 4.72 Å². The molecule has 6 rings (SSSR count). The number of nitrogens with zero attached hydrogens (tertiary/aromatic N) is 4. The largest absolute Gasteiger partial charge is 0.378 e. The minimum absolute atomic E-state index is 0.0403. The number of halogens is 1. The molecule has 2 aromatic heterocycles. The quantitative estimate of drug-likeness (QED) is 0.280. The number of aromatic nitrogens is 4. The van der Waals surface area contributed by atoms with E-state index in [2.05, 4.69) is 30.0 Å². The van der Waals surface area contributed by atoms with Gasteiger partial charge in [-0.25, -0.2) is 17.7 Å². The first-order valence-electron chi connectivity index (χ1n) is 10.8. The first-order chi connectivity index (χ1) is 18.2. The number of hydrogen-bond donors (Lipinski definition) is 1. The summed E-state index contributed by atoms with van der Waals surface area (Å²) in [7, 11) is -8.56. The van der Waals surface area contributed by atoms with E-state index in [0.717, 1.165) is 0 Å². The highest BCUT2D eigenvalue weighted by molar-refractivity contribution is 7.93. The summed E-state index contributed by atoms with van der Waals surface area (Å²) in [5.41, 5.74) is 1.28. The number of nitrogens with one attached hydrogen (secondary N) is 1. The Hall–Kier alpha value is -4.27. The molecule has 0 unspecified atom stereocenters. The number of sulfonamides is 1. The molecule has 2 heterocycles. The van der Waals surface area contributed by atoms with Gasteiger partial charge in [0.15, 0.2) is 22.3 Å². The molecule has 4 aromatic carbocycles. The molecule has 0 aliphatic carbocycles. The van der Waals surface area contributed by atoms with Crippen molar-refractivity contribution in [2.45, 2.75) is 16.7 Å². The number of aryl methyl sites for hydroxylation is 1. The molecule has 0 spiro atoms. The highest BCUT2D eigenvalue weighted by atomic mass is 35.5. The minimum Gasteiger partial charge on any atom is -0.378 e. The van der Waals surface area contributed by atoms with Crippen LogP contribution in [0.5, 0.6) is 5.75 Å². The molecule has 0 aliphatic heterocycles. The summed E-state index contributed by atoms with van der Waals surface area (Å²) in [4.78, 5) is -0.420. The number of anilines is 1. The van der Waals surface area contributed by atoms with Crippen LogP contribution in [-0.4, -0.2) is 37.5 Å². The van der Waals surface area contributed by atoms with E-state index in [0.29, 0.717) is 21.9 Å². The first-order valence-corrected chi connectivity index (χ1v) is 14.0. The molecule has 0 fully saturated rings. The van der Waals surface area contributed by atoms with E-state index in [1.165, 1.54) is 30.3 Å². The van der Waals surface area contributed by atoms with E-state index in [1.807, 2.05) is 0 Å². The van der Waals surface area contributed by atoms with Gasteiger partial charge < -0.3 is 4.18 Å². The molecule has 192 valence electrons. The fourth-order valence-electron chi connectivity index (χ4n) is 4.00. The second-order valence-electron chi connectivity index (χ2n) is 8.15. The topological polar surface area (TPSA) is 167 Å². The lowest BCUT2D eigenvalue weighted by Crippen LogP contribution is -2.14. The van der Waals surface area contributed by atoms with Gasteiger partial charge in [-0.2, -0.15) is 8.42 Å². The van der Waals surface area contributed by atoms with Crippen molar-refractivity contribution in [1.82, 2.24) is 20.6 Å². The lowest BCUT2D eigenvalue weighted by atomic mass is 10.1. The zero-order valence-corrected chi connectivity index (χ0v) is 21.5. The lowest BCUT2D eigenvalue weighted by molar-refractivity contribution is 0.315. The molecule has 15 heteroatoms. The number of benzene rings is 4. The van der Waals surface area contributed by atoms with E-state index in [4.69, 9.17) is 20.4 Å². The maximum Gasteiger partial charge on any atom is 0.341 e. The van der Waals surface area contributed by atoms with Crippen molar-refractivity contribution >= 4 is 70.3 Å². The van der Waals surface area contributed by atoms with Crippen LogP contribution in [-0.2, 0) is 20.1 Å². The average molecular weight is 572 g/mol. The van der Waals surface area contributed by atoms with Crippen LogP contribution in [0.4, 0.5) is 5.69 Å². The van der Waals surface area contributed by atoms with Gasteiger partial charge in [0.25, 0.3) is 10.0 Å². The lowest BCUT2D eigenvalue weighted by Gasteiger charge is -2.14. The SMILES string of the molecule is Cc1ccc(S(=O)(=O)Nc2ccc(OS(=O)(=O)c3ccc(Cl)c4nonc34)c3ccccc23)c2nonc12. The van der Waals surface area contributed by atoms with Crippen LogP contribution < -0.4 is 8.91 Å². The normalized spacial score (nSPS) is 12.4. The van der Waals surface area contributed by atoms with Crippen LogP contribution in [0.3, 0.4) is 0 Å². The third kappa shape index (κ3) is 3.89. The number of rotatable bonds is 6. The Morgan fingerprint density at radius 3 is 2.13 bits per heavy atom. The average Bonchev–Trinajstić information content (AvgIpc) is 3.57. The molecule has 0 saturated carbocycles. The third-order valence-electron chi connectivity index (χ3n) is 5.80. The molecule has 0 bridgehead atoms. The van der Waals surface area contributed by atoms with Crippen LogP contribution in [0, 0.1) is 6.92 Å². The Balaban J connectivity index is 1.41. The third-order valence-corrected chi connectivity index (χ3v) is 8.77. The van der Waals surface area contributed by atoms with Crippen molar-refractivity contribution in [1.29, 1.82) is 0 Å². The van der Waals surface area contributed by atoms with Crippen LogP contribution in [0.2, 0.25) is 5.02 Å². The summed E-state index contributed by atoms with van der Waals surface area (Å²) >= 11 is 6.04. The zero-order valence-electron chi connectivity index (χ0n) is 19.1. The second-order valence-corrected chi connectivity index (χ2v) is 11.7. The van der Waals surface area contributed by atoms with Gasteiger partial charge in [0.2, 0.25) is 0 Å². The Labute approximate surface area is 219 Å². The molecule has 0 atom stereocenters.